The third-order valence-electron chi connectivity index (χ3n) is 4.37. The van der Waals surface area contributed by atoms with Crippen molar-refractivity contribution >= 4 is 22.5 Å². The number of aromatic nitrogens is 4. The Hall–Kier alpha value is -3.94. The van der Waals surface area contributed by atoms with Gasteiger partial charge in [0, 0.05) is 35.6 Å². The number of hydrogen-bond donors (Lipinski definition) is 3. The number of H-pyrrole nitrogens is 1. The van der Waals surface area contributed by atoms with Crippen LogP contribution in [-0.2, 0) is 7.05 Å². The first-order valence-electron chi connectivity index (χ1n) is 8.55. The van der Waals surface area contributed by atoms with Crippen LogP contribution in [0.15, 0.2) is 53.5 Å². The summed E-state index contributed by atoms with van der Waals surface area (Å²) in [5.74, 6) is 0.0438. The fourth-order valence-corrected chi connectivity index (χ4v) is 3.02. The van der Waals surface area contributed by atoms with Gasteiger partial charge in [-0.2, -0.15) is 5.10 Å². The van der Waals surface area contributed by atoms with Crippen LogP contribution in [0.5, 0.6) is 5.75 Å². The van der Waals surface area contributed by atoms with Crippen LogP contribution in [0.2, 0.25) is 0 Å². The summed E-state index contributed by atoms with van der Waals surface area (Å²) in [6, 6.07) is 11.5. The van der Waals surface area contributed by atoms with Crippen molar-refractivity contribution in [3.8, 4) is 17.1 Å². The van der Waals surface area contributed by atoms with Crippen LogP contribution in [0.3, 0.4) is 0 Å². The van der Waals surface area contributed by atoms with Crippen LogP contribution in [0.4, 0.5) is 5.69 Å². The van der Waals surface area contributed by atoms with Crippen molar-refractivity contribution in [1.82, 2.24) is 19.7 Å². The molecule has 3 N–H and O–H groups in total. The molecule has 2 heterocycles. The van der Waals surface area contributed by atoms with E-state index >= 15 is 0 Å². The van der Waals surface area contributed by atoms with Gasteiger partial charge in [0.25, 0.3) is 11.5 Å². The molecule has 0 spiro atoms. The number of carbonyl (C=O) groups is 1. The SMILES string of the molecule is Cc1cc(=O)[nH]c(-c2cccc(NC(=O)c3cc(O)c4cnn(C)c4c3)c2)n1. The minimum Gasteiger partial charge on any atom is -0.507 e. The molecule has 0 fully saturated rings. The zero-order valence-corrected chi connectivity index (χ0v) is 15.2. The summed E-state index contributed by atoms with van der Waals surface area (Å²) in [6.07, 6.45) is 1.55. The van der Waals surface area contributed by atoms with E-state index in [1.807, 2.05) is 0 Å². The van der Waals surface area contributed by atoms with E-state index in [0.717, 1.165) is 0 Å². The summed E-state index contributed by atoms with van der Waals surface area (Å²) in [7, 11) is 1.74. The molecular weight excluding hydrogens is 358 g/mol. The second kappa shape index (κ2) is 6.66. The average molecular weight is 375 g/mol. The first-order chi connectivity index (χ1) is 13.4. The highest BCUT2D eigenvalue weighted by Gasteiger charge is 2.13. The Morgan fingerprint density at radius 3 is 2.82 bits per heavy atom. The molecule has 0 atom stereocenters. The highest BCUT2D eigenvalue weighted by Crippen LogP contribution is 2.27. The van der Waals surface area contributed by atoms with Crippen LogP contribution in [-0.4, -0.2) is 30.8 Å². The van der Waals surface area contributed by atoms with Crippen molar-refractivity contribution in [2.75, 3.05) is 5.32 Å². The van der Waals surface area contributed by atoms with Crippen molar-refractivity contribution < 1.29 is 9.90 Å². The Morgan fingerprint density at radius 1 is 1.21 bits per heavy atom. The number of benzene rings is 2. The quantitative estimate of drug-likeness (QED) is 0.509. The number of amides is 1. The number of rotatable bonds is 3. The Bertz CT molecular complexity index is 1270. The van der Waals surface area contributed by atoms with E-state index in [-0.39, 0.29) is 17.2 Å². The number of hydrogen-bond acceptors (Lipinski definition) is 5. The van der Waals surface area contributed by atoms with Gasteiger partial charge in [0.1, 0.15) is 11.6 Å². The summed E-state index contributed by atoms with van der Waals surface area (Å²) in [5, 5.41) is 17.6. The molecule has 8 nitrogen and oxygen atoms in total. The van der Waals surface area contributed by atoms with Crippen LogP contribution >= 0.6 is 0 Å². The predicted molar refractivity (Wildman–Crippen MR) is 105 cm³/mol. The molecule has 0 aliphatic rings. The monoisotopic (exact) mass is 375 g/mol. The standard InChI is InChI=1S/C20H17N5O3/c1-11-6-18(27)24-19(22-11)12-4-3-5-14(7-12)23-20(28)13-8-16-15(17(26)9-13)10-21-25(16)2/h3-10,26H,1-2H3,(H,23,28)(H,22,24,27). The molecule has 0 aliphatic heterocycles. The number of phenols is 1. The molecule has 2 aromatic heterocycles. The van der Waals surface area contributed by atoms with Gasteiger partial charge in [0.15, 0.2) is 0 Å². The van der Waals surface area contributed by atoms with E-state index in [2.05, 4.69) is 20.4 Å². The maximum absolute atomic E-state index is 12.7. The molecule has 0 saturated carbocycles. The smallest absolute Gasteiger partial charge is 0.255 e. The van der Waals surface area contributed by atoms with Crippen LogP contribution in [0.25, 0.3) is 22.3 Å². The normalized spacial score (nSPS) is 10.9. The average Bonchev–Trinajstić information content (AvgIpc) is 3.03. The van der Waals surface area contributed by atoms with Crippen molar-refractivity contribution in [2.45, 2.75) is 6.92 Å². The maximum atomic E-state index is 12.7. The molecular formula is C20H17N5O3. The maximum Gasteiger partial charge on any atom is 0.255 e. The van der Waals surface area contributed by atoms with Crippen LogP contribution < -0.4 is 10.9 Å². The summed E-state index contributed by atoms with van der Waals surface area (Å²) in [5.41, 5.74) is 2.53. The molecule has 1 amide bonds. The molecule has 0 radical (unpaired) electrons. The van der Waals surface area contributed by atoms with Gasteiger partial charge >= 0.3 is 0 Å². The van der Waals surface area contributed by atoms with Crippen molar-refractivity contribution in [3.63, 3.8) is 0 Å². The van der Waals surface area contributed by atoms with Gasteiger partial charge < -0.3 is 15.4 Å². The highest BCUT2D eigenvalue weighted by atomic mass is 16.3. The van der Waals surface area contributed by atoms with Crippen LogP contribution in [0, 0.1) is 6.92 Å². The van der Waals surface area contributed by atoms with E-state index in [1.165, 1.54) is 12.1 Å². The minimum atomic E-state index is -0.374. The van der Waals surface area contributed by atoms with Crippen LogP contribution in [0.1, 0.15) is 16.1 Å². The second-order valence-corrected chi connectivity index (χ2v) is 6.47. The number of carbonyl (C=O) groups excluding carboxylic acids is 1. The number of aryl methyl sites for hydroxylation is 2. The van der Waals surface area contributed by atoms with E-state index in [1.54, 1.807) is 55.2 Å². The largest absolute Gasteiger partial charge is 0.507 e. The Balaban J connectivity index is 1.65. The Morgan fingerprint density at radius 2 is 2.04 bits per heavy atom. The molecule has 0 aliphatic carbocycles. The number of anilines is 1. The van der Waals surface area contributed by atoms with Crippen molar-refractivity contribution in [3.05, 3.63) is 70.3 Å². The van der Waals surface area contributed by atoms with Gasteiger partial charge in [-0.3, -0.25) is 14.3 Å². The molecule has 0 unspecified atom stereocenters. The lowest BCUT2D eigenvalue weighted by Crippen LogP contribution is -2.12. The first-order valence-corrected chi connectivity index (χ1v) is 8.55. The lowest BCUT2D eigenvalue weighted by Gasteiger charge is -2.09. The summed E-state index contributed by atoms with van der Waals surface area (Å²) in [4.78, 5) is 31.4. The van der Waals surface area contributed by atoms with E-state index < -0.39 is 0 Å². The molecule has 0 saturated heterocycles. The third kappa shape index (κ3) is 3.23. The lowest BCUT2D eigenvalue weighted by molar-refractivity contribution is 0.102. The summed E-state index contributed by atoms with van der Waals surface area (Å²) in [6.45, 7) is 1.74. The molecule has 0 bridgehead atoms. The van der Waals surface area contributed by atoms with E-state index in [9.17, 15) is 14.7 Å². The molecule has 140 valence electrons. The van der Waals surface area contributed by atoms with Gasteiger partial charge in [-0.15, -0.1) is 0 Å². The fraction of sp³-hybridized carbons (Fsp3) is 0.100. The van der Waals surface area contributed by atoms with Gasteiger partial charge in [-0.25, -0.2) is 4.98 Å². The third-order valence-corrected chi connectivity index (χ3v) is 4.37. The summed E-state index contributed by atoms with van der Waals surface area (Å²) < 4.78 is 1.59. The number of nitrogens with zero attached hydrogens (tertiary/aromatic N) is 3. The van der Waals surface area contributed by atoms with Crippen molar-refractivity contribution in [1.29, 1.82) is 0 Å². The molecule has 8 heteroatoms. The lowest BCUT2D eigenvalue weighted by atomic mass is 10.1. The molecule has 28 heavy (non-hydrogen) atoms. The number of phenolic OH excluding ortho intramolecular Hbond substituents is 1. The number of aromatic hydroxyl groups is 1. The molecule has 4 aromatic rings. The Kier molecular flexibility index (Phi) is 4.15. The fourth-order valence-electron chi connectivity index (χ4n) is 3.02. The van der Waals surface area contributed by atoms with E-state index in [4.69, 9.17) is 0 Å². The summed E-state index contributed by atoms with van der Waals surface area (Å²) >= 11 is 0. The predicted octanol–water partition coefficient (Wildman–Crippen LogP) is 2.59. The first kappa shape index (κ1) is 17.5. The number of nitrogens with one attached hydrogen (secondary N) is 2. The van der Waals surface area contributed by atoms with Gasteiger partial charge in [-0.05, 0) is 31.2 Å². The molecule has 4 rings (SSSR count). The van der Waals surface area contributed by atoms with Crippen molar-refractivity contribution in [2.24, 2.45) is 7.05 Å². The van der Waals surface area contributed by atoms with E-state index in [0.29, 0.717) is 39.2 Å². The minimum absolute atomic E-state index is 0.00830. The van der Waals surface area contributed by atoms with Gasteiger partial charge in [0.05, 0.1) is 17.1 Å². The zero-order chi connectivity index (χ0) is 19.8. The van der Waals surface area contributed by atoms with Gasteiger partial charge in [-0.1, -0.05) is 12.1 Å². The zero-order valence-electron chi connectivity index (χ0n) is 15.2. The molecule has 2 aromatic carbocycles. The topological polar surface area (TPSA) is 113 Å². The number of aromatic amines is 1. The Labute approximate surface area is 159 Å². The second-order valence-electron chi connectivity index (χ2n) is 6.47. The highest BCUT2D eigenvalue weighted by molar-refractivity contribution is 6.07. The number of fused-ring (bicyclic) bond motifs is 1. The van der Waals surface area contributed by atoms with Gasteiger partial charge in [0.2, 0.25) is 0 Å².